The van der Waals surface area contributed by atoms with Crippen molar-refractivity contribution < 1.29 is 14.8 Å². The molecule has 1 aromatic carbocycles. The molecular formula is C8H5N3O6. The summed E-state index contributed by atoms with van der Waals surface area (Å²) in [6, 6.07) is 2.80. The van der Waals surface area contributed by atoms with Gasteiger partial charge in [0.15, 0.2) is 0 Å². The van der Waals surface area contributed by atoms with E-state index in [2.05, 4.69) is 0 Å². The zero-order chi connectivity index (χ0) is 13.0. The SMILES string of the molecule is O=[N+]([O-])C=Cc1cc([N+](=O)[O-])cc([N+](=O)[O-])c1. The minimum atomic E-state index is -0.809. The number of hydrogen-bond acceptors (Lipinski definition) is 6. The number of hydrogen-bond donors (Lipinski definition) is 0. The monoisotopic (exact) mass is 239 g/mol. The molecule has 0 aliphatic carbocycles. The van der Waals surface area contributed by atoms with Crippen LogP contribution in [0.15, 0.2) is 24.4 Å². The van der Waals surface area contributed by atoms with Gasteiger partial charge in [0.1, 0.15) is 0 Å². The zero-order valence-electron chi connectivity index (χ0n) is 8.18. The van der Waals surface area contributed by atoms with E-state index in [1.807, 2.05) is 0 Å². The van der Waals surface area contributed by atoms with E-state index in [1.54, 1.807) is 0 Å². The van der Waals surface area contributed by atoms with E-state index >= 15 is 0 Å². The first-order chi connectivity index (χ1) is 7.90. The van der Waals surface area contributed by atoms with Crippen molar-refractivity contribution >= 4 is 17.5 Å². The lowest BCUT2D eigenvalue weighted by molar-refractivity contribution is -0.401. The van der Waals surface area contributed by atoms with Gasteiger partial charge in [-0.1, -0.05) is 0 Å². The zero-order valence-corrected chi connectivity index (χ0v) is 8.18. The van der Waals surface area contributed by atoms with Gasteiger partial charge in [0.05, 0.1) is 20.8 Å². The molecule has 0 radical (unpaired) electrons. The molecule has 0 aliphatic heterocycles. The van der Waals surface area contributed by atoms with E-state index in [1.165, 1.54) is 0 Å². The summed E-state index contributed by atoms with van der Waals surface area (Å²) in [5, 5.41) is 31.0. The summed E-state index contributed by atoms with van der Waals surface area (Å²) in [7, 11) is 0. The molecule has 0 bridgehead atoms. The molecule has 0 aliphatic rings. The molecule has 9 nitrogen and oxygen atoms in total. The highest BCUT2D eigenvalue weighted by Gasteiger charge is 2.15. The Hall–Kier alpha value is -2.84. The van der Waals surface area contributed by atoms with Crippen molar-refractivity contribution in [3.8, 4) is 0 Å². The van der Waals surface area contributed by atoms with Gasteiger partial charge < -0.3 is 0 Å². The van der Waals surface area contributed by atoms with Crippen LogP contribution in [0.4, 0.5) is 11.4 Å². The Morgan fingerprint density at radius 2 is 1.35 bits per heavy atom. The topological polar surface area (TPSA) is 129 Å². The second-order valence-electron chi connectivity index (χ2n) is 2.90. The van der Waals surface area contributed by atoms with Crippen molar-refractivity contribution in [2.24, 2.45) is 0 Å². The van der Waals surface area contributed by atoms with Gasteiger partial charge in [0.2, 0.25) is 6.20 Å². The lowest BCUT2D eigenvalue weighted by Crippen LogP contribution is -1.93. The maximum Gasteiger partial charge on any atom is 0.276 e. The van der Waals surface area contributed by atoms with E-state index in [0.717, 1.165) is 24.3 Å². The van der Waals surface area contributed by atoms with Crippen LogP contribution in [0.3, 0.4) is 0 Å². The molecule has 9 heteroatoms. The quantitative estimate of drug-likeness (QED) is 0.581. The molecule has 0 heterocycles. The van der Waals surface area contributed by atoms with E-state index in [4.69, 9.17) is 0 Å². The van der Waals surface area contributed by atoms with Gasteiger partial charge in [-0.05, 0) is 5.56 Å². The fourth-order valence-electron chi connectivity index (χ4n) is 1.07. The minimum absolute atomic E-state index is 0.0163. The Balaban J connectivity index is 3.26. The second-order valence-corrected chi connectivity index (χ2v) is 2.90. The van der Waals surface area contributed by atoms with Gasteiger partial charge in [-0.2, -0.15) is 0 Å². The first kappa shape index (κ1) is 12.2. The fourth-order valence-corrected chi connectivity index (χ4v) is 1.07. The summed E-state index contributed by atoms with van der Waals surface area (Å²) in [6.45, 7) is 0. The predicted molar refractivity (Wildman–Crippen MR) is 55.8 cm³/mol. The lowest BCUT2D eigenvalue weighted by Gasteiger charge is -1.95. The number of non-ortho nitro benzene ring substituents is 2. The van der Waals surface area contributed by atoms with E-state index in [0.29, 0.717) is 6.20 Å². The summed E-state index contributed by atoms with van der Waals surface area (Å²) in [5.74, 6) is 0. The molecule has 1 aromatic rings. The molecule has 0 N–H and O–H groups in total. The Morgan fingerprint density at radius 3 is 1.71 bits per heavy atom. The Bertz CT molecular complexity index is 492. The van der Waals surface area contributed by atoms with E-state index in [9.17, 15) is 30.3 Å². The smallest absolute Gasteiger partial charge is 0.259 e. The van der Waals surface area contributed by atoms with Crippen molar-refractivity contribution in [3.05, 3.63) is 60.3 Å². The van der Waals surface area contributed by atoms with Crippen LogP contribution in [-0.4, -0.2) is 14.8 Å². The van der Waals surface area contributed by atoms with Gasteiger partial charge in [-0.3, -0.25) is 30.3 Å². The molecule has 88 valence electrons. The van der Waals surface area contributed by atoms with Crippen LogP contribution in [0, 0.1) is 30.3 Å². The maximum atomic E-state index is 10.5. The lowest BCUT2D eigenvalue weighted by atomic mass is 10.1. The summed E-state index contributed by atoms with van der Waals surface area (Å²) in [6.07, 6.45) is 1.49. The predicted octanol–water partition coefficient (Wildman–Crippen LogP) is 1.75. The minimum Gasteiger partial charge on any atom is -0.259 e. The van der Waals surface area contributed by atoms with Crippen LogP contribution in [0.1, 0.15) is 5.56 Å². The van der Waals surface area contributed by atoms with Crippen LogP contribution >= 0.6 is 0 Å². The van der Waals surface area contributed by atoms with Gasteiger partial charge >= 0.3 is 0 Å². The number of rotatable bonds is 4. The Labute approximate surface area is 93.4 Å². The highest BCUT2D eigenvalue weighted by atomic mass is 16.6. The average molecular weight is 239 g/mol. The molecule has 0 spiro atoms. The largest absolute Gasteiger partial charge is 0.276 e. The third-order valence-corrected chi connectivity index (χ3v) is 1.74. The number of benzene rings is 1. The third kappa shape index (κ3) is 3.34. The fraction of sp³-hybridized carbons (Fsp3) is 0. The maximum absolute atomic E-state index is 10.5. The summed E-state index contributed by atoms with van der Waals surface area (Å²) < 4.78 is 0. The summed E-state index contributed by atoms with van der Waals surface area (Å²) in [4.78, 5) is 28.7. The van der Waals surface area contributed by atoms with Crippen LogP contribution in [0.25, 0.3) is 6.08 Å². The number of nitrogens with zero attached hydrogens (tertiary/aromatic N) is 3. The molecule has 0 unspecified atom stereocenters. The molecule has 0 fully saturated rings. The van der Waals surface area contributed by atoms with Crippen molar-refractivity contribution in [1.82, 2.24) is 0 Å². The summed E-state index contributed by atoms with van der Waals surface area (Å²) >= 11 is 0. The Morgan fingerprint density at radius 1 is 0.882 bits per heavy atom. The van der Waals surface area contributed by atoms with Gasteiger partial charge in [0.25, 0.3) is 11.4 Å². The number of nitro benzene ring substituents is 2. The van der Waals surface area contributed by atoms with Gasteiger partial charge in [-0.25, -0.2) is 0 Å². The molecule has 1 rings (SSSR count). The third-order valence-electron chi connectivity index (χ3n) is 1.74. The van der Waals surface area contributed by atoms with Crippen LogP contribution in [0.2, 0.25) is 0 Å². The van der Waals surface area contributed by atoms with E-state index in [-0.39, 0.29) is 5.56 Å². The molecule has 0 saturated carbocycles. The first-order valence-corrected chi connectivity index (χ1v) is 4.15. The van der Waals surface area contributed by atoms with Crippen molar-refractivity contribution in [1.29, 1.82) is 0 Å². The molecule has 0 aromatic heterocycles. The number of nitro groups is 3. The highest BCUT2D eigenvalue weighted by molar-refractivity contribution is 5.58. The second kappa shape index (κ2) is 4.79. The van der Waals surface area contributed by atoms with Crippen LogP contribution in [-0.2, 0) is 0 Å². The van der Waals surface area contributed by atoms with E-state index < -0.39 is 26.1 Å². The van der Waals surface area contributed by atoms with Gasteiger partial charge in [0, 0.05) is 18.2 Å². The van der Waals surface area contributed by atoms with Gasteiger partial charge in [-0.15, -0.1) is 0 Å². The molecule has 0 amide bonds. The standard InChI is InChI=1S/C8H5N3O6/c12-9(13)2-1-6-3-7(10(14)15)5-8(4-6)11(16)17/h1-5H. The van der Waals surface area contributed by atoms with Crippen molar-refractivity contribution in [2.75, 3.05) is 0 Å². The Kier molecular flexibility index (Phi) is 3.44. The van der Waals surface area contributed by atoms with Crippen molar-refractivity contribution in [2.45, 2.75) is 0 Å². The summed E-state index contributed by atoms with van der Waals surface area (Å²) in [5.41, 5.74) is -0.980. The highest BCUT2D eigenvalue weighted by Crippen LogP contribution is 2.23. The molecule has 17 heavy (non-hydrogen) atoms. The normalized spacial score (nSPS) is 10.4. The molecule has 0 atom stereocenters. The van der Waals surface area contributed by atoms with Crippen LogP contribution in [0.5, 0.6) is 0 Å². The van der Waals surface area contributed by atoms with Crippen molar-refractivity contribution in [3.63, 3.8) is 0 Å². The first-order valence-electron chi connectivity index (χ1n) is 4.15. The average Bonchev–Trinajstić information content (AvgIpc) is 2.25. The molecular weight excluding hydrogens is 234 g/mol. The van der Waals surface area contributed by atoms with Crippen LogP contribution < -0.4 is 0 Å². The molecule has 0 saturated heterocycles.